The predicted molar refractivity (Wildman–Crippen MR) is 112 cm³/mol. The molecule has 0 saturated carbocycles. The number of aryl methyl sites for hydroxylation is 1. The van der Waals surface area contributed by atoms with Crippen molar-refractivity contribution in [3.8, 4) is 11.4 Å². The van der Waals surface area contributed by atoms with Gasteiger partial charge in [-0.05, 0) is 38.1 Å². The summed E-state index contributed by atoms with van der Waals surface area (Å²) >= 11 is 0. The molecule has 3 rings (SSSR count). The van der Waals surface area contributed by atoms with Crippen molar-refractivity contribution < 1.29 is 27.6 Å². The highest BCUT2D eigenvalue weighted by Crippen LogP contribution is 2.35. The highest BCUT2D eigenvalue weighted by atomic mass is 19.4. The first-order chi connectivity index (χ1) is 15.5. The molecule has 0 bridgehead atoms. The van der Waals surface area contributed by atoms with Crippen LogP contribution in [0.4, 0.5) is 24.5 Å². The number of nitro groups is 1. The van der Waals surface area contributed by atoms with Crippen LogP contribution in [-0.2, 0) is 6.18 Å². The molecule has 0 radical (unpaired) electrons. The number of carbonyl (C=O) groups is 1. The standard InChI is InChI=1S/C21H17F3N4O5/c1-3-33-18-9-8-13(21(22,23)24)11-14(18)25-20(30)19-17(29)10-12(2)27(26-19)15-6-4-5-7-16(15)28(31)32/h4-11H,3H2,1-2H3,(H,25,30). The van der Waals surface area contributed by atoms with Crippen molar-refractivity contribution in [2.24, 2.45) is 0 Å². The number of rotatable bonds is 6. The van der Waals surface area contributed by atoms with Crippen LogP contribution in [0.3, 0.4) is 0 Å². The maximum Gasteiger partial charge on any atom is 0.416 e. The minimum atomic E-state index is -4.68. The topological polar surface area (TPSA) is 116 Å². The van der Waals surface area contributed by atoms with Crippen LogP contribution in [0.5, 0.6) is 5.75 Å². The number of carbonyl (C=O) groups excluding carboxylic acids is 1. The molecule has 0 aliphatic heterocycles. The first kappa shape index (κ1) is 23.4. The van der Waals surface area contributed by atoms with Gasteiger partial charge in [0.05, 0.1) is 22.8 Å². The molecule has 0 spiro atoms. The van der Waals surface area contributed by atoms with Crippen LogP contribution in [0.15, 0.2) is 53.3 Å². The smallest absolute Gasteiger partial charge is 0.416 e. The summed E-state index contributed by atoms with van der Waals surface area (Å²) in [6.45, 7) is 3.19. The van der Waals surface area contributed by atoms with Gasteiger partial charge in [-0.15, -0.1) is 0 Å². The SMILES string of the molecule is CCOc1ccc(C(F)(F)F)cc1NC(=O)c1nn(-c2ccccc2[N+](=O)[O-])c(C)cc1=O. The fourth-order valence-corrected chi connectivity index (χ4v) is 3.01. The third-order valence-electron chi connectivity index (χ3n) is 4.48. The average Bonchev–Trinajstić information content (AvgIpc) is 2.74. The highest BCUT2D eigenvalue weighted by molar-refractivity contribution is 6.03. The summed E-state index contributed by atoms with van der Waals surface area (Å²) in [4.78, 5) is 36.0. The lowest BCUT2D eigenvalue weighted by atomic mass is 10.1. The molecule has 0 saturated heterocycles. The van der Waals surface area contributed by atoms with E-state index in [4.69, 9.17) is 4.74 Å². The van der Waals surface area contributed by atoms with Gasteiger partial charge in [0.25, 0.3) is 11.6 Å². The minimum Gasteiger partial charge on any atom is -0.492 e. The van der Waals surface area contributed by atoms with Crippen molar-refractivity contribution in [1.82, 2.24) is 9.78 Å². The number of nitro benzene ring substituents is 1. The molecule has 172 valence electrons. The molecule has 33 heavy (non-hydrogen) atoms. The number of anilines is 1. The molecule has 1 amide bonds. The van der Waals surface area contributed by atoms with Gasteiger partial charge in [-0.1, -0.05) is 12.1 Å². The van der Waals surface area contributed by atoms with Crippen LogP contribution in [0.25, 0.3) is 5.69 Å². The molecule has 0 atom stereocenters. The van der Waals surface area contributed by atoms with Gasteiger partial charge in [0.1, 0.15) is 11.4 Å². The van der Waals surface area contributed by atoms with Gasteiger partial charge in [0.15, 0.2) is 5.69 Å². The third-order valence-corrected chi connectivity index (χ3v) is 4.48. The summed E-state index contributed by atoms with van der Waals surface area (Å²) < 4.78 is 45.7. The molecule has 12 heteroatoms. The number of nitrogens with zero attached hydrogens (tertiary/aromatic N) is 3. The van der Waals surface area contributed by atoms with E-state index in [-0.39, 0.29) is 35.1 Å². The lowest BCUT2D eigenvalue weighted by Crippen LogP contribution is -2.27. The Morgan fingerprint density at radius 3 is 2.55 bits per heavy atom. The van der Waals surface area contributed by atoms with Crippen molar-refractivity contribution >= 4 is 17.3 Å². The van der Waals surface area contributed by atoms with Crippen LogP contribution < -0.4 is 15.5 Å². The van der Waals surface area contributed by atoms with Crippen molar-refractivity contribution in [3.63, 3.8) is 0 Å². The van der Waals surface area contributed by atoms with E-state index in [0.717, 1.165) is 22.9 Å². The number of hydrogen-bond acceptors (Lipinski definition) is 6. The van der Waals surface area contributed by atoms with Crippen LogP contribution >= 0.6 is 0 Å². The molecule has 1 aromatic heterocycles. The highest BCUT2D eigenvalue weighted by Gasteiger charge is 2.31. The first-order valence-corrected chi connectivity index (χ1v) is 9.53. The van der Waals surface area contributed by atoms with Crippen molar-refractivity contribution in [1.29, 1.82) is 0 Å². The van der Waals surface area contributed by atoms with Gasteiger partial charge in [0, 0.05) is 17.8 Å². The van der Waals surface area contributed by atoms with Crippen LogP contribution in [0.1, 0.15) is 28.7 Å². The zero-order valence-corrected chi connectivity index (χ0v) is 17.3. The number of ether oxygens (including phenoxy) is 1. The number of aromatic nitrogens is 2. The van der Waals surface area contributed by atoms with Crippen LogP contribution in [0.2, 0.25) is 0 Å². The van der Waals surface area contributed by atoms with Crippen LogP contribution in [-0.4, -0.2) is 27.2 Å². The molecule has 1 heterocycles. The maximum atomic E-state index is 13.1. The number of amides is 1. The van der Waals surface area contributed by atoms with E-state index in [2.05, 4.69) is 10.4 Å². The number of hydrogen-bond donors (Lipinski definition) is 1. The summed E-state index contributed by atoms with van der Waals surface area (Å²) in [7, 11) is 0. The first-order valence-electron chi connectivity index (χ1n) is 9.53. The monoisotopic (exact) mass is 462 g/mol. The Morgan fingerprint density at radius 1 is 1.21 bits per heavy atom. The fourth-order valence-electron chi connectivity index (χ4n) is 3.01. The lowest BCUT2D eigenvalue weighted by molar-refractivity contribution is -0.384. The summed E-state index contributed by atoms with van der Waals surface area (Å²) in [5.74, 6) is -1.14. The molecule has 1 N–H and O–H groups in total. The van der Waals surface area contributed by atoms with Crippen LogP contribution in [0, 0.1) is 17.0 Å². The zero-order chi connectivity index (χ0) is 24.3. The summed E-state index contributed by atoms with van der Waals surface area (Å²) in [6.07, 6.45) is -4.68. The Hall–Kier alpha value is -4.22. The number of para-hydroxylation sites is 2. The summed E-state index contributed by atoms with van der Waals surface area (Å²) in [6, 6.07) is 9.14. The van der Waals surface area contributed by atoms with Crippen molar-refractivity contribution in [3.05, 3.63) is 85.8 Å². The van der Waals surface area contributed by atoms with E-state index in [1.807, 2.05) is 0 Å². The number of alkyl halides is 3. The Labute approximate surface area is 184 Å². The molecular formula is C21H17F3N4O5. The van der Waals surface area contributed by atoms with Crippen molar-refractivity contribution in [2.45, 2.75) is 20.0 Å². The van der Waals surface area contributed by atoms with E-state index in [1.54, 1.807) is 6.92 Å². The summed E-state index contributed by atoms with van der Waals surface area (Å²) in [5, 5.41) is 17.5. The van der Waals surface area contributed by atoms with E-state index in [1.165, 1.54) is 31.2 Å². The van der Waals surface area contributed by atoms with E-state index in [0.29, 0.717) is 6.07 Å². The quantitative estimate of drug-likeness (QED) is 0.435. The second-order valence-electron chi connectivity index (χ2n) is 6.75. The molecule has 9 nitrogen and oxygen atoms in total. The Morgan fingerprint density at radius 2 is 1.91 bits per heavy atom. The van der Waals surface area contributed by atoms with Gasteiger partial charge < -0.3 is 10.1 Å². The predicted octanol–water partition coefficient (Wildman–Crippen LogP) is 4.12. The molecule has 0 aliphatic rings. The molecule has 3 aromatic rings. The molecular weight excluding hydrogens is 445 g/mol. The Bertz CT molecular complexity index is 1290. The van der Waals surface area contributed by atoms with E-state index in [9.17, 15) is 32.9 Å². The molecule has 0 aliphatic carbocycles. The van der Waals surface area contributed by atoms with Gasteiger partial charge in [-0.25, -0.2) is 4.68 Å². The lowest BCUT2D eigenvalue weighted by Gasteiger charge is -2.15. The second-order valence-corrected chi connectivity index (χ2v) is 6.75. The van der Waals surface area contributed by atoms with Gasteiger partial charge in [0.2, 0.25) is 5.43 Å². The average molecular weight is 462 g/mol. The Balaban J connectivity index is 2.07. The normalized spacial score (nSPS) is 11.2. The third kappa shape index (κ3) is 5.00. The Kier molecular flexibility index (Phi) is 6.47. The zero-order valence-electron chi connectivity index (χ0n) is 17.3. The van der Waals surface area contributed by atoms with E-state index >= 15 is 0 Å². The van der Waals surface area contributed by atoms with Crippen molar-refractivity contribution in [2.75, 3.05) is 11.9 Å². The van der Waals surface area contributed by atoms with Gasteiger partial charge in [-0.3, -0.25) is 19.7 Å². The largest absolute Gasteiger partial charge is 0.492 e. The number of halogens is 3. The maximum absolute atomic E-state index is 13.1. The molecule has 0 unspecified atom stereocenters. The summed E-state index contributed by atoms with van der Waals surface area (Å²) in [5.41, 5.74) is -2.93. The fraction of sp³-hybridized carbons (Fsp3) is 0.190. The second kappa shape index (κ2) is 9.10. The van der Waals surface area contributed by atoms with E-state index < -0.39 is 33.7 Å². The molecule has 2 aromatic carbocycles. The van der Waals surface area contributed by atoms with Gasteiger partial charge >= 0.3 is 6.18 Å². The molecule has 0 fully saturated rings. The van der Waals surface area contributed by atoms with Gasteiger partial charge in [-0.2, -0.15) is 18.3 Å². The number of benzene rings is 2. The number of nitrogens with one attached hydrogen (secondary N) is 1. The minimum absolute atomic E-state index is 0.00289.